The standard InChI is InChI=1S/C6H5N7/c1-2-4-6-5(3-1)8-10-12-13(6)11-9-7-4/h1-3H,(H,7,11)(H,8,12). The number of rotatable bonds is 0. The molecule has 0 saturated carbocycles. The van der Waals surface area contributed by atoms with Gasteiger partial charge in [-0.25, -0.2) is 0 Å². The van der Waals surface area contributed by atoms with E-state index in [2.05, 4.69) is 31.7 Å². The molecule has 1 aromatic rings. The first-order chi connectivity index (χ1) is 6.45. The van der Waals surface area contributed by atoms with Crippen LogP contribution < -0.4 is 16.2 Å². The highest BCUT2D eigenvalue weighted by atomic mass is 15.9. The number of hydrogen-bond donors (Lipinski definition) is 2. The van der Waals surface area contributed by atoms with Crippen LogP contribution in [0.5, 0.6) is 0 Å². The molecule has 0 saturated heterocycles. The molecule has 3 rings (SSSR count). The van der Waals surface area contributed by atoms with Crippen LogP contribution in [0.2, 0.25) is 0 Å². The van der Waals surface area contributed by atoms with Crippen LogP contribution in [-0.2, 0) is 0 Å². The Bertz CT molecular complexity index is 375. The van der Waals surface area contributed by atoms with Crippen LogP contribution in [0.3, 0.4) is 0 Å². The molecule has 0 bridgehead atoms. The van der Waals surface area contributed by atoms with E-state index in [1.165, 1.54) is 0 Å². The minimum Gasteiger partial charge on any atom is -0.179 e. The van der Waals surface area contributed by atoms with Crippen molar-refractivity contribution in [3.05, 3.63) is 18.2 Å². The molecular weight excluding hydrogens is 170 g/mol. The Hall–Kier alpha value is -2.18. The van der Waals surface area contributed by atoms with Gasteiger partial charge >= 0.3 is 0 Å². The quantitative estimate of drug-likeness (QED) is 0.627. The number of benzene rings is 1. The zero-order valence-electron chi connectivity index (χ0n) is 6.47. The van der Waals surface area contributed by atoms with E-state index in [1.807, 2.05) is 18.2 Å². The first-order valence-electron chi connectivity index (χ1n) is 3.71. The van der Waals surface area contributed by atoms with E-state index in [9.17, 15) is 0 Å². The minimum absolute atomic E-state index is 0.766. The molecule has 1 aromatic carbocycles. The monoisotopic (exact) mass is 175 g/mol. The Morgan fingerprint density at radius 3 is 2.23 bits per heavy atom. The summed E-state index contributed by atoms with van der Waals surface area (Å²) in [5.41, 5.74) is 7.66. The van der Waals surface area contributed by atoms with Gasteiger partial charge in [0.05, 0.1) is 0 Å². The molecular formula is C6H5N7. The summed E-state index contributed by atoms with van der Waals surface area (Å²) in [6.07, 6.45) is 0. The minimum atomic E-state index is 0.766. The smallest absolute Gasteiger partial charge is 0.140 e. The number of hydrogen-bond acceptors (Lipinski definition) is 7. The molecule has 0 atom stereocenters. The summed E-state index contributed by atoms with van der Waals surface area (Å²) in [5, 5.41) is 16.8. The first kappa shape index (κ1) is 6.35. The van der Waals surface area contributed by atoms with Gasteiger partial charge in [-0.2, -0.15) is 16.2 Å². The predicted octanol–water partition coefficient (Wildman–Crippen LogP) is 1.53. The fourth-order valence-electron chi connectivity index (χ4n) is 1.27. The van der Waals surface area contributed by atoms with Crippen molar-refractivity contribution in [3.63, 3.8) is 0 Å². The summed E-state index contributed by atoms with van der Waals surface area (Å²) in [7, 11) is 0. The van der Waals surface area contributed by atoms with Crippen LogP contribution in [0.15, 0.2) is 38.9 Å². The summed E-state index contributed by atoms with van der Waals surface area (Å²) >= 11 is 0. The highest BCUT2D eigenvalue weighted by Gasteiger charge is 2.21. The fourth-order valence-corrected chi connectivity index (χ4v) is 1.27. The van der Waals surface area contributed by atoms with E-state index in [0.29, 0.717) is 0 Å². The molecule has 0 amide bonds. The highest BCUT2D eigenvalue weighted by Crippen LogP contribution is 2.39. The summed E-state index contributed by atoms with van der Waals surface area (Å²) in [6, 6.07) is 5.58. The summed E-state index contributed by atoms with van der Waals surface area (Å²) in [6.45, 7) is 0. The van der Waals surface area contributed by atoms with Gasteiger partial charge in [-0.1, -0.05) is 16.5 Å². The third-order valence-corrected chi connectivity index (χ3v) is 1.82. The van der Waals surface area contributed by atoms with E-state index in [1.54, 1.807) is 5.12 Å². The molecule has 0 aliphatic carbocycles. The van der Waals surface area contributed by atoms with Crippen LogP contribution in [0.1, 0.15) is 0 Å². The number of hydrazine groups is 2. The molecule has 0 aromatic heterocycles. The molecule has 0 spiro atoms. The van der Waals surface area contributed by atoms with Gasteiger partial charge in [-0.05, 0) is 12.1 Å². The van der Waals surface area contributed by atoms with Crippen molar-refractivity contribution in [1.29, 1.82) is 0 Å². The predicted molar refractivity (Wildman–Crippen MR) is 44.2 cm³/mol. The lowest BCUT2D eigenvalue weighted by Gasteiger charge is -2.27. The van der Waals surface area contributed by atoms with Gasteiger partial charge < -0.3 is 0 Å². The van der Waals surface area contributed by atoms with Gasteiger partial charge in [0.2, 0.25) is 0 Å². The number of anilines is 1. The molecule has 13 heavy (non-hydrogen) atoms. The summed E-state index contributed by atoms with van der Waals surface area (Å²) in [5.74, 6) is 0. The van der Waals surface area contributed by atoms with Gasteiger partial charge in [0.15, 0.2) is 0 Å². The Labute approximate surface area is 73.1 Å². The van der Waals surface area contributed by atoms with Gasteiger partial charge in [0.25, 0.3) is 0 Å². The summed E-state index contributed by atoms with van der Waals surface area (Å²) < 4.78 is 0. The fraction of sp³-hybridized carbons (Fsp3) is 0. The maximum Gasteiger partial charge on any atom is 0.140 e. The van der Waals surface area contributed by atoms with Crippen LogP contribution >= 0.6 is 0 Å². The molecule has 2 aliphatic rings. The third-order valence-electron chi connectivity index (χ3n) is 1.82. The SMILES string of the molecule is c1cc2c3c(c1)N=NNN3NN=N2. The second-order valence-electron chi connectivity index (χ2n) is 2.58. The second-order valence-corrected chi connectivity index (χ2v) is 2.58. The van der Waals surface area contributed by atoms with Crippen molar-refractivity contribution in [2.75, 3.05) is 5.12 Å². The number of nitrogens with zero attached hydrogens (tertiary/aromatic N) is 5. The van der Waals surface area contributed by atoms with E-state index < -0.39 is 0 Å². The second kappa shape index (κ2) is 2.16. The van der Waals surface area contributed by atoms with Crippen molar-refractivity contribution in [2.24, 2.45) is 20.7 Å². The summed E-state index contributed by atoms with van der Waals surface area (Å²) in [4.78, 5) is 0. The average Bonchev–Trinajstić information content (AvgIpc) is 2.19. The number of para-hydroxylation sites is 1. The third kappa shape index (κ3) is 0.776. The van der Waals surface area contributed by atoms with E-state index >= 15 is 0 Å². The van der Waals surface area contributed by atoms with Gasteiger partial charge in [0.1, 0.15) is 17.1 Å². The molecule has 0 radical (unpaired) electrons. The highest BCUT2D eigenvalue weighted by molar-refractivity contribution is 5.79. The lowest BCUT2D eigenvalue weighted by atomic mass is 10.2. The van der Waals surface area contributed by atoms with Gasteiger partial charge in [0, 0.05) is 0 Å². The van der Waals surface area contributed by atoms with Crippen molar-refractivity contribution in [2.45, 2.75) is 0 Å². The molecule has 2 heterocycles. The molecule has 0 fully saturated rings. The van der Waals surface area contributed by atoms with Crippen LogP contribution in [-0.4, -0.2) is 0 Å². The van der Waals surface area contributed by atoms with E-state index in [-0.39, 0.29) is 0 Å². The van der Waals surface area contributed by atoms with Crippen molar-refractivity contribution in [1.82, 2.24) is 11.1 Å². The molecule has 0 unspecified atom stereocenters. The maximum absolute atomic E-state index is 3.92. The lowest BCUT2D eigenvalue weighted by molar-refractivity contribution is 0.504. The Morgan fingerprint density at radius 2 is 1.62 bits per heavy atom. The number of nitrogens with one attached hydrogen (secondary N) is 2. The van der Waals surface area contributed by atoms with E-state index in [4.69, 9.17) is 0 Å². The molecule has 2 aliphatic heterocycles. The Kier molecular flexibility index (Phi) is 1.05. The van der Waals surface area contributed by atoms with Crippen molar-refractivity contribution in [3.8, 4) is 0 Å². The van der Waals surface area contributed by atoms with Crippen molar-refractivity contribution < 1.29 is 0 Å². The topological polar surface area (TPSA) is 76.7 Å². The lowest BCUT2D eigenvalue weighted by Crippen LogP contribution is -2.45. The Balaban J connectivity index is 2.31. The maximum atomic E-state index is 3.92. The van der Waals surface area contributed by atoms with E-state index in [0.717, 1.165) is 17.1 Å². The largest absolute Gasteiger partial charge is 0.179 e. The zero-order chi connectivity index (χ0) is 8.67. The van der Waals surface area contributed by atoms with Gasteiger partial charge in [-0.15, -0.1) is 10.2 Å². The van der Waals surface area contributed by atoms with Crippen LogP contribution in [0.25, 0.3) is 0 Å². The van der Waals surface area contributed by atoms with Crippen LogP contribution in [0.4, 0.5) is 17.1 Å². The van der Waals surface area contributed by atoms with Crippen molar-refractivity contribution >= 4 is 17.1 Å². The Morgan fingerprint density at radius 1 is 1.00 bits per heavy atom. The van der Waals surface area contributed by atoms with Gasteiger partial charge in [-0.3, -0.25) is 0 Å². The molecule has 64 valence electrons. The molecule has 7 heteroatoms. The zero-order valence-corrected chi connectivity index (χ0v) is 6.47. The first-order valence-corrected chi connectivity index (χ1v) is 3.71. The molecule has 7 nitrogen and oxygen atoms in total. The molecule has 2 N–H and O–H groups in total. The normalized spacial score (nSPS) is 16.2. The van der Waals surface area contributed by atoms with Crippen LogP contribution in [0, 0.1) is 0 Å². The average molecular weight is 175 g/mol.